The van der Waals surface area contributed by atoms with Crippen molar-refractivity contribution in [2.75, 3.05) is 7.11 Å². The van der Waals surface area contributed by atoms with Crippen LogP contribution in [0.4, 0.5) is 4.39 Å². The quantitative estimate of drug-likeness (QED) is 0.783. The highest BCUT2D eigenvalue weighted by molar-refractivity contribution is 5.74. The Hall–Kier alpha value is -0.640. The molecule has 1 N–H and O–H groups in total. The molecule has 0 spiro atoms. The highest BCUT2D eigenvalue weighted by Gasteiger charge is 2.48. The van der Waals surface area contributed by atoms with E-state index in [4.69, 9.17) is 4.74 Å². The van der Waals surface area contributed by atoms with Gasteiger partial charge in [0.05, 0.1) is 13.0 Å². The maximum Gasteiger partial charge on any atom is 0.310 e. The minimum atomic E-state index is -0.662. The molecular weight excluding hydrogens is 245 g/mol. The predicted molar refractivity (Wildman–Crippen MR) is 70.4 cm³/mol. The van der Waals surface area contributed by atoms with Crippen LogP contribution >= 0.6 is 0 Å². The number of carbonyl (C=O) groups excluding carboxylic acids is 1. The fourth-order valence-electron chi connectivity index (χ4n) is 4.61. The molecule has 1 saturated carbocycles. The summed E-state index contributed by atoms with van der Waals surface area (Å²) in [4.78, 5) is 12.1. The van der Waals surface area contributed by atoms with Crippen LogP contribution in [0.15, 0.2) is 0 Å². The second-order valence-corrected chi connectivity index (χ2v) is 6.52. The molecule has 2 heterocycles. The number of esters is 1. The largest absolute Gasteiger partial charge is 0.469 e. The Bertz CT molecular complexity index is 349. The predicted octanol–water partition coefficient (Wildman–Crippen LogP) is 2.44. The fourth-order valence-corrected chi connectivity index (χ4v) is 4.61. The lowest BCUT2D eigenvalue weighted by atomic mass is 9.68. The molecule has 4 heteroatoms. The van der Waals surface area contributed by atoms with E-state index in [-0.39, 0.29) is 17.9 Å². The molecule has 0 aromatic heterocycles. The highest BCUT2D eigenvalue weighted by Crippen LogP contribution is 2.45. The molecule has 2 bridgehead atoms. The summed E-state index contributed by atoms with van der Waals surface area (Å²) in [6.07, 6.45) is 5.98. The first kappa shape index (κ1) is 13.3. The number of ether oxygens (including phenoxy) is 1. The lowest BCUT2D eigenvalue weighted by molar-refractivity contribution is -0.151. The van der Waals surface area contributed by atoms with Crippen molar-refractivity contribution < 1.29 is 13.9 Å². The third-order valence-corrected chi connectivity index (χ3v) is 5.46. The molecule has 1 aliphatic carbocycles. The monoisotopic (exact) mass is 269 g/mol. The SMILES string of the molecule is COC(=O)C1C2CC[C@H](C[C@@H]1C1CCCC(F)C1)N2. The molecule has 6 atom stereocenters. The van der Waals surface area contributed by atoms with Crippen LogP contribution in [-0.4, -0.2) is 31.3 Å². The van der Waals surface area contributed by atoms with E-state index in [0.29, 0.717) is 30.7 Å². The Morgan fingerprint density at radius 3 is 2.79 bits per heavy atom. The van der Waals surface area contributed by atoms with E-state index in [9.17, 15) is 9.18 Å². The van der Waals surface area contributed by atoms with Gasteiger partial charge in [-0.2, -0.15) is 0 Å². The van der Waals surface area contributed by atoms with E-state index in [1.54, 1.807) is 0 Å². The third kappa shape index (κ3) is 2.51. The van der Waals surface area contributed by atoms with Gasteiger partial charge in [-0.15, -0.1) is 0 Å². The summed E-state index contributed by atoms with van der Waals surface area (Å²) in [5, 5.41) is 3.54. The van der Waals surface area contributed by atoms with Crippen molar-refractivity contribution in [3.8, 4) is 0 Å². The van der Waals surface area contributed by atoms with Crippen molar-refractivity contribution in [3.05, 3.63) is 0 Å². The van der Waals surface area contributed by atoms with Crippen LogP contribution in [0.2, 0.25) is 0 Å². The summed E-state index contributed by atoms with van der Waals surface area (Å²) >= 11 is 0. The van der Waals surface area contributed by atoms with Gasteiger partial charge >= 0.3 is 5.97 Å². The molecule has 3 rings (SSSR count). The number of hydrogen-bond acceptors (Lipinski definition) is 3. The second kappa shape index (κ2) is 5.39. The van der Waals surface area contributed by atoms with Gasteiger partial charge in [0, 0.05) is 12.1 Å². The van der Waals surface area contributed by atoms with Crippen molar-refractivity contribution in [1.29, 1.82) is 0 Å². The standard InChI is InChI=1S/C15H24FNO2/c1-19-15(18)14-12(8-11-5-6-13(14)17-11)9-3-2-4-10(16)7-9/h9-14,17H,2-8H2,1H3/t9?,10?,11-,12-,13?,14?/m1/s1. The van der Waals surface area contributed by atoms with Crippen molar-refractivity contribution in [3.63, 3.8) is 0 Å². The Balaban J connectivity index is 1.78. The molecule has 2 saturated heterocycles. The normalized spacial score (nSPS) is 46.0. The molecule has 0 aromatic carbocycles. The molecule has 4 unspecified atom stereocenters. The summed E-state index contributed by atoms with van der Waals surface area (Å²) in [7, 11) is 1.47. The van der Waals surface area contributed by atoms with Gasteiger partial charge < -0.3 is 10.1 Å². The van der Waals surface area contributed by atoms with Crippen LogP contribution < -0.4 is 5.32 Å². The maximum absolute atomic E-state index is 13.7. The summed E-state index contributed by atoms with van der Waals surface area (Å²) in [6.45, 7) is 0. The van der Waals surface area contributed by atoms with Crippen LogP contribution in [0.3, 0.4) is 0 Å². The van der Waals surface area contributed by atoms with Gasteiger partial charge in [-0.3, -0.25) is 4.79 Å². The molecule has 19 heavy (non-hydrogen) atoms. The van der Waals surface area contributed by atoms with E-state index in [1.807, 2.05) is 0 Å². The van der Waals surface area contributed by atoms with Gasteiger partial charge in [0.1, 0.15) is 6.17 Å². The zero-order valence-electron chi connectivity index (χ0n) is 11.6. The van der Waals surface area contributed by atoms with Crippen molar-refractivity contribution in [1.82, 2.24) is 5.32 Å². The molecule has 108 valence electrons. The summed E-state index contributed by atoms with van der Waals surface area (Å²) in [6, 6.07) is 0.798. The average Bonchev–Trinajstić information content (AvgIpc) is 2.79. The summed E-state index contributed by atoms with van der Waals surface area (Å²) < 4.78 is 18.7. The van der Waals surface area contributed by atoms with E-state index < -0.39 is 6.17 Å². The van der Waals surface area contributed by atoms with Crippen molar-refractivity contribution in [2.24, 2.45) is 17.8 Å². The van der Waals surface area contributed by atoms with Crippen LogP contribution in [0.1, 0.15) is 44.9 Å². The van der Waals surface area contributed by atoms with Gasteiger partial charge in [-0.25, -0.2) is 4.39 Å². The minimum Gasteiger partial charge on any atom is -0.469 e. The van der Waals surface area contributed by atoms with Crippen molar-refractivity contribution in [2.45, 2.75) is 63.2 Å². The lowest BCUT2D eigenvalue weighted by Gasteiger charge is -2.42. The number of hydrogen-bond donors (Lipinski definition) is 1. The zero-order valence-corrected chi connectivity index (χ0v) is 11.6. The maximum atomic E-state index is 13.7. The van der Waals surface area contributed by atoms with E-state index in [2.05, 4.69) is 5.32 Å². The number of rotatable bonds is 2. The first-order valence-corrected chi connectivity index (χ1v) is 7.67. The van der Waals surface area contributed by atoms with Gasteiger partial charge in [-0.1, -0.05) is 6.42 Å². The molecule has 0 aromatic rings. The lowest BCUT2D eigenvalue weighted by Crippen LogP contribution is -2.51. The van der Waals surface area contributed by atoms with E-state index in [1.165, 1.54) is 7.11 Å². The topological polar surface area (TPSA) is 38.3 Å². The number of fused-ring (bicyclic) bond motifs is 2. The third-order valence-electron chi connectivity index (χ3n) is 5.46. The summed E-state index contributed by atoms with van der Waals surface area (Å²) in [5.41, 5.74) is 0. The minimum absolute atomic E-state index is 0.0564. The van der Waals surface area contributed by atoms with E-state index >= 15 is 0 Å². The molecule has 0 radical (unpaired) electrons. The van der Waals surface area contributed by atoms with Crippen molar-refractivity contribution >= 4 is 5.97 Å². The first-order valence-electron chi connectivity index (χ1n) is 7.67. The van der Waals surface area contributed by atoms with Crippen LogP contribution in [0.25, 0.3) is 0 Å². The molecule has 2 aliphatic heterocycles. The Morgan fingerprint density at radius 1 is 1.21 bits per heavy atom. The van der Waals surface area contributed by atoms with Gasteiger partial charge in [0.25, 0.3) is 0 Å². The molecule has 3 nitrogen and oxygen atoms in total. The number of methoxy groups -OCH3 is 1. The Labute approximate surface area is 114 Å². The molecule has 3 aliphatic rings. The van der Waals surface area contributed by atoms with Gasteiger partial charge in [0.2, 0.25) is 0 Å². The number of alkyl halides is 1. The number of piperidine rings is 1. The first-order chi connectivity index (χ1) is 9.19. The molecular formula is C15H24FNO2. The molecule has 0 amide bonds. The fraction of sp³-hybridized carbons (Fsp3) is 0.933. The van der Waals surface area contributed by atoms with Crippen LogP contribution in [0, 0.1) is 17.8 Å². The van der Waals surface area contributed by atoms with Crippen LogP contribution in [-0.2, 0) is 9.53 Å². The number of carbonyl (C=O) groups is 1. The number of nitrogens with one attached hydrogen (secondary N) is 1. The smallest absolute Gasteiger partial charge is 0.310 e. The molecule has 3 fully saturated rings. The van der Waals surface area contributed by atoms with Gasteiger partial charge in [0.15, 0.2) is 0 Å². The van der Waals surface area contributed by atoms with E-state index in [0.717, 1.165) is 32.1 Å². The Kier molecular flexibility index (Phi) is 3.79. The van der Waals surface area contributed by atoms with Gasteiger partial charge in [-0.05, 0) is 50.4 Å². The Morgan fingerprint density at radius 2 is 2.05 bits per heavy atom. The highest BCUT2D eigenvalue weighted by atomic mass is 19.1. The van der Waals surface area contributed by atoms with Crippen LogP contribution in [0.5, 0.6) is 0 Å². The average molecular weight is 269 g/mol. The summed E-state index contributed by atoms with van der Waals surface area (Å²) in [5.74, 6) is 0.547. The zero-order chi connectivity index (χ0) is 13.4. The number of halogens is 1. The second-order valence-electron chi connectivity index (χ2n) is 6.52.